The van der Waals surface area contributed by atoms with Crippen molar-refractivity contribution in [2.24, 2.45) is 0 Å². The molecule has 19 heavy (non-hydrogen) atoms. The monoisotopic (exact) mass is 347 g/mol. The minimum absolute atomic E-state index is 0.0462. The lowest BCUT2D eigenvalue weighted by molar-refractivity contribution is -0.176. The Labute approximate surface area is 118 Å². The Morgan fingerprint density at radius 1 is 1.53 bits per heavy atom. The van der Waals surface area contributed by atoms with Gasteiger partial charge in [-0.1, -0.05) is 15.9 Å². The maximum atomic E-state index is 11.9. The lowest BCUT2D eigenvalue weighted by atomic mass is 10.2. The van der Waals surface area contributed by atoms with Gasteiger partial charge in [-0.3, -0.25) is 4.79 Å². The van der Waals surface area contributed by atoms with Crippen molar-refractivity contribution in [1.82, 2.24) is 4.90 Å². The van der Waals surface area contributed by atoms with Crippen LogP contribution in [0.4, 0.5) is 13.2 Å². The average Bonchev–Trinajstić information content (AvgIpc) is 2.34. The molecule has 1 amide bonds. The molecule has 0 saturated carbocycles. The molecule has 0 spiro atoms. The molecule has 8 heteroatoms. The van der Waals surface area contributed by atoms with Crippen molar-refractivity contribution in [2.45, 2.75) is 31.7 Å². The molecule has 1 rings (SSSR count). The molecule has 0 N–H and O–H groups in total. The molecule has 0 aromatic carbocycles. The van der Waals surface area contributed by atoms with Gasteiger partial charge in [-0.15, -0.1) is 0 Å². The summed E-state index contributed by atoms with van der Waals surface area (Å²) in [6.07, 6.45) is -4.47. The SMILES string of the molecule is CC1COC(CBr)CN1C(=O)CCOCC(F)(F)F. The number of morpholine rings is 1. The van der Waals surface area contributed by atoms with E-state index >= 15 is 0 Å². The number of hydrogen-bond donors (Lipinski definition) is 0. The zero-order valence-corrected chi connectivity index (χ0v) is 12.2. The normalized spacial score (nSPS) is 24.6. The van der Waals surface area contributed by atoms with Crippen LogP contribution in [0.2, 0.25) is 0 Å². The highest BCUT2D eigenvalue weighted by atomic mass is 79.9. The average molecular weight is 348 g/mol. The molecule has 4 nitrogen and oxygen atoms in total. The van der Waals surface area contributed by atoms with Crippen LogP contribution < -0.4 is 0 Å². The first-order chi connectivity index (χ1) is 8.83. The molecular formula is C11H17BrF3NO3. The van der Waals surface area contributed by atoms with Gasteiger partial charge in [0.25, 0.3) is 0 Å². The number of carbonyl (C=O) groups excluding carboxylic acids is 1. The van der Waals surface area contributed by atoms with Crippen LogP contribution in [0.3, 0.4) is 0 Å². The molecule has 0 aromatic rings. The maximum absolute atomic E-state index is 11.9. The minimum atomic E-state index is -4.35. The summed E-state index contributed by atoms with van der Waals surface area (Å²) in [5.74, 6) is -0.205. The highest BCUT2D eigenvalue weighted by Crippen LogP contribution is 2.16. The zero-order chi connectivity index (χ0) is 14.5. The summed E-state index contributed by atoms with van der Waals surface area (Å²) in [4.78, 5) is 13.5. The van der Waals surface area contributed by atoms with E-state index in [1.807, 2.05) is 6.92 Å². The number of nitrogens with zero attached hydrogens (tertiary/aromatic N) is 1. The molecule has 112 valence electrons. The van der Waals surface area contributed by atoms with E-state index in [9.17, 15) is 18.0 Å². The number of rotatable bonds is 5. The fraction of sp³-hybridized carbons (Fsp3) is 0.909. The number of carbonyl (C=O) groups is 1. The predicted octanol–water partition coefficient (Wildman–Crippen LogP) is 1.97. The highest BCUT2D eigenvalue weighted by Gasteiger charge is 2.30. The van der Waals surface area contributed by atoms with Gasteiger partial charge in [-0.2, -0.15) is 13.2 Å². The van der Waals surface area contributed by atoms with Gasteiger partial charge in [0.2, 0.25) is 5.91 Å². The largest absolute Gasteiger partial charge is 0.411 e. The maximum Gasteiger partial charge on any atom is 0.411 e. The fourth-order valence-corrected chi connectivity index (χ4v) is 2.14. The van der Waals surface area contributed by atoms with E-state index in [1.54, 1.807) is 4.90 Å². The Bertz CT molecular complexity index is 301. The van der Waals surface area contributed by atoms with Gasteiger partial charge in [-0.05, 0) is 6.92 Å². The van der Waals surface area contributed by atoms with Crippen molar-refractivity contribution in [2.75, 3.05) is 31.7 Å². The van der Waals surface area contributed by atoms with Gasteiger partial charge in [-0.25, -0.2) is 0 Å². The van der Waals surface area contributed by atoms with Crippen molar-refractivity contribution in [3.63, 3.8) is 0 Å². The van der Waals surface area contributed by atoms with Crippen molar-refractivity contribution < 1.29 is 27.4 Å². The predicted molar refractivity (Wildman–Crippen MR) is 66.2 cm³/mol. The summed E-state index contributed by atoms with van der Waals surface area (Å²) >= 11 is 3.28. The van der Waals surface area contributed by atoms with Crippen molar-refractivity contribution in [3.05, 3.63) is 0 Å². The van der Waals surface area contributed by atoms with Gasteiger partial charge in [0.05, 0.1) is 31.8 Å². The topological polar surface area (TPSA) is 38.8 Å². The molecule has 0 aromatic heterocycles. The first kappa shape index (κ1) is 16.7. The number of ether oxygens (including phenoxy) is 2. The molecule has 0 bridgehead atoms. The van der Waals surface area contributed by atoms with E-state index in [0.717, 1.165) is 0 Å². The van der Waals surface area contributed by atoms with Crippen LogP contribution in [0.1, 0.15) is 13.3 Å². The first-order valence-electron chi connectivity index (χ1n) is 5.95. The smallest absolute Gasteiger partial charge is 0.373 e. The van der Waals surface area contributed by atoms with Crippen LogP contribution in [-0.4, -0.2) is 60.8 Å². The van der Waals surface area contributed by atoms with Gasteiger partial charge in [0, 0.05) is 11.9 Å². The fourth-order valence-electron chi connectivity index (χ4n) is 1.75. The summed E-state index contributed by atoms with van der Waals surface area (Å²) in [6, 6.07) is -0.0644. The standard InChI is InChI=1S/C11H17BrF3NO3/c1-8-6-19-9(4-12)5-16(8)10(17)2-3-18-7-11(13,14)15/h8-9H,2-7H2,1H3. The lowest BCUT2D eigenvalue weighted by Crippen LogP contribution is -2.51. The van der Waals surface area contributed by atoms with E-state index in [2.05, 4.69) is 20.7 Å². The molecule has 1 aliphatic rings. The van der Waals surface area contributed by atoms with Crippen LogP contribution in [-0.2, 0) is 14.3 Å². The van der Waals surface area contributed by atoms with E-state index in [4.69, 9.17) is 4.74 Å². The van der Waals surface area contributed by atoms with Crippen LogP contribution >= 0.6 is 15.9 Å². The Balaban J connectivity index is 2.31. The molecule has 1 heterocycles. The Morgan fingerprint density at radius 2 is 2.21 bits per heavy atom. The summed E-state index contributed by atoms with van der Waals surface area (Å²) in [7, 11) is 0. The summed E-state index contributed by atoms with van der Waals surface area (Å²) in [5, 5.41) is 0.619. The molecule has 1 fully saturated rings. The van der Waals surface area contributed by atoms with Gasteiger partial charge in [0.1, 0.15) is 6.61 Å². The Morgan fingerprint density at radius 3 is 2.79 bits per heavy atom. The zero-order valence-electron chi connectivity index (χ0n) is 10.6. The Hall–Kier alpha value is -0.340. The van der Waals surface area contributed by atoms with E-state index in [1.165, 1.54) is 0 Å². The van der Waals surface area contributed by atoms with E-state index < -0.39 is 12.8 Å². The minimum Gasteiger partial charge on any atom is -0.373 e. The number of hydrogen-bond acceptors (Lipinski definition) is 3. The third-order valence-corrected chi connectivity index (χ3v) is 3.45. The number of alkyl halides is 4. The first-order valence-corrected chi connectivity index (χ1v) is 7.07. The summed E-state index contributed by atoms with van der Waals surface area (Å²) in [5.41, 5.74) is 0. The van der Waals surface area contributed by atoms with E-state index in [-0.39, 0.29) is 31.1 Å². The number of halogens is 4. The molecular weight excluding hydrogens is 331 g/mol. The highest BCUT2D eigenvalue weighted by molar-refractivity contribution is 9.09. The second-order valence-corrected chi connectivity index (χ2v) is 5.07. The van der Waals surface area contributed by atoms with Crippen molar-refractivity contribution in [1.29, 1.82) is 0 Å². The lowest BCUT2D eigenvalue weighted by Gasteiger charge is -2.37. The van der Waals surface area contributed by atoms with Crippen LogP contribution in [0.25, 0.3) is 0 Å². The van der Waals surface area contributed by atoms with Crippen LogP contribution in [0, 0.1) is 0 Å². The van der Waals surface area contributed by atoms with Crippen LogP contribution in [0.5, 0.6) is 0 Å². The van der Waals surface area contributed by atoms with Gasteiger partial charge < -0.3 is 14.4 Å². The molecule has 2 atom stereocenters. The quantitative estimate of drug-likeness (QED) is 0.563. The van der Waals surface area contributed by atoms with Crippen molar-refractivity contribution in [3.8, 4) is 0 Å². The van der Waals surface area contributed by atoms with Gasteiger partial charge >= 0.3 is 6.18 Å². The van der Waals surface area contributed by atoms with Gasteiger partial charge in [0.15, 0.2) is 0 Å². The molecule has 2 unspecified atom stereocenters. The van der Waals surface area contributed by atoms with E-state index in [0.29, 0.717) is 18.5 Å². The van der Waals surface area contributed by atoms with Crippen LogP contribution in [0.15, 0.2) is 0 Å². The molecule has 0 radical (unpaired) electrons. The second-order valence-electron chi connectivity index (χ2n) is 4.42. The van der Waals surface area contributed by atoms with Crippen molar-refractivity contribution >= 4 is 21.8 Å². The third kappa shape index (κ3) is 6.09. The molecule has 0 aliphatic carbocycles. The number of amides is 1. The summed E-state index contributed by atoms with van der Waals surface area (Å²) in [6.45, 7) is 1.19. The summed E-state index contributed by atoms with van der Waals surface area (Å²) < 4.78 is 45.5. The molecule has 1 saturated heterocycles. The second kappa shape index (κ2) is 7.44. The Kier molecular flexibility index (Phi) is 6.55. The molecule has 1 aliphatic heterocycles. The third-order valence-electron chi connectivity index (χ3n) is 2.72.